The average molecular weight is 466 g/mol. The molecule has 1 heterocycles. The van der Waals surface area contributed by atoms with Crippen molar-refractivity contribution in [2.24, 2.45) is 0 Å². The summed E-state index contributed by atoms with van der Waals surface area (Å²) in [6.07, 6.45) is 1.50. The molecule has 3 aromatic carbocycles. The predicted octanol–water partition coefficient (Wildman–Crippen LogP) is 2.33. The molecule has 0 spiro atoms. The largest absolute Gasteiger partial charge is 0.325 e. The summed E-state index contributed by atoms with van der Waals surface area (Å²) in [4.78, 5) is 12.5. The topological polar surface area (TPSA) is 119 Å². The van der Waals surface area contributed by atoms with E-state index in [9.17, 15) is 17.6 Å². The molecule has 0 saturated carbocycles. The molecule has 9 nitrogen and oxygen atoms in total. The fraction of sp³-hybridized carbons (Fsp3) is 0.0909. The predicted molar refractivity (Wildman–Crippen MR) is 118 cm³/mol. The van der Waals surface area contributed by atoms with Crippen LogP contribution < -0.4 is 10.0 Å². The highest BCUT2D eigenvalue weighted by atomic mass is 32.2. The summed E-state index contributed by atoms with van der Waals surface area (Å²) in [6.45, 7) is 0. The Morgan fingerprint density at radius 2 is 1.67 bits per heavy atom. The Kier molecular flexibility index (Phi) is 6.52. The zero-order valence-electron chi connectivity index (χ0n) is 17.2. The van der Waals surface area contributed by atoms with Crippen LogP contribution in [0.25, 0.3) is 5.69 Å². The lowest BCUT2D eigenvalue weighted by molar-refractivity contribution is -0.117. The molecule has 4 aromatic rings. The van der Waals surface area contributed by atoms with Gasteiger partial charge in [0.15, 0.2) is 0 Å². The van der Waals surface area contributed by atoms with Crippen LogP contribution in [0.3, 0.4) is 0 Å². The fourth-order valence-electron chi connectivity index (χ4n) is 3.16. The molecule has 4 rings (SSSR count). The molecule has 0 fully saturated rings. The zero-order valence-corrected chi connectivity index (χ0v) is 18.0. The van der Waals surface area contributed by atoms with Crippen molar-refractivity contribution in [3.05, 3.63) is 96.6 Å². The van der Waals surface area contributed by atoms with Gasteiger partial charge in [-0.2, -0.15) is 4.72 Å². The number of carbonyl (C=O) groups is 1. The van der Waals surface area contributed by atoms with Gasteiger partial charge in [-0.15, -0.1) is 5.10 Å². The molecule has 0 radical (unpaired) electrons. The first-order valence-electron chi connectivity index (χ1n) is 9.87. The van der Waals surface area contributed by atoms with Gasteiger partial charge in [-0.1, -0.05) is 42.5 Å². The highest BCUT2D eigenvalue weighted by Gasteiger charge is 2.28. The molecule has 1 amide bonds. The van der Waals surface area contributed by atoms with E-state index in [0.29, 0.717) is 11.4 Å². The van der Waals surface area contributed by atoms with Crippen molar-refractivity contribution in [3.8, 4) is 5.69 Å². The second-order valence-electron chi connectivity index (χ2n) is 7.08. The highest BCUT2D eigenvalue weighted by Crippen LogP contribution is 2.17. The molecule has 0 aliphatic carbocycles. The summed E-state index contributed by atoms with van der Waals surface area (Å²) < 4.78 is 43.6. The molecule has 168 valence electrons. The standard InChI is InChI=1S/C22H19FN6O3S/c23-19-8-4-5-9-21(19)33(31,32)26-20(14-16-6-2-1-3-7-16)22(30)25-17-10-12-18(13-11-17)29-15-24-27-28-29/h1-13,15,20,26H,14H2,(H,25,30)/t20-/m1/s1. The normalized spacial score (nSPS) is 12.3. The first-order valence-corrected chi connectivity index (χ1v) is 11.4. The third-order valence-corrected chi connectivity index (χ3v) is 6.28. The van der Waals surface area contributed by atoms with Crippen LogP contribution in [-0.2, 0) is 21.2 Å². The number of anilines is 1. The maximum absolute atomic E-state index is 14.1. The van der Waals surface area contributed by atoms with Crippen molar-refractivity contribution in [3.63, 3.8) is 0 Å². The van der Waals surface area contributed by atoms with Gasteiger partial charge >= 0.3 is 0 Å². The second kappa shape index (κ2) is 9.67. The molecule has 1 atom stereocenters. The first-order chi connectivity index (χ1) is 15.9. The number of tetrazole rings is 1. The summed E-state index contributed by atoms with van der Waals surface area (Å²) in [5, 5.41) is 13.6. The fourth-order valence-corrected chi connectivity index (χ4v) is 4.43. The molecule has 0 aliphatic rings. The zero-order chi connectivity index (χ0) is 23.3. The number of hydrogen-bond acceptors (Lipinski definition) is 6. The summed E-state index contributed by atoms with van der Waals surface area (Å²) in [7, 11) is -4.30. The smallest absolute Gasteiger partial charge is 0.244 e. The van der Waals surface area contributed by atoms with E-state index < -0.39 is 32.7 Å². The van der Waals surface area contributed by atoms with Gasteiger partial charge < -0.3 is 5.32 Å². The van der Waals surface area contributed by atoms with Gasteiger partial charge in [0, 0.05) is 5.69 Å². The van der Waals surface area contributed by atoms with Gasteiger partial charge in [-0.3, -0.25) is 4.79 Å². The number of nitrogens with zero attached hydrogens (tertiary/aromatic N) is 4. The van der Waals surface area contributed by atoms with Crippen LogP contribution in [0.4, 0.5) is 10.1 Å². The van der Waals surface area contributed by atoms with Crippen LogP contribution in [0, 0.1) is 5.82 Å². The van der Waals surface area contributed by atoms with Crippen molar-refractivity contribution >= 4 is 21.6 Å². The Bertz CT molecular complexity index is 1330. The number of amides is 1. The monoisotopic (exact) mass is 466 g/mol. The van der Waals surface area contributed by atoms with Gasteiger partial charge in [0.25, 0.3) is 0 Å². The van der Waals surface area contributed by atoms with E-state index in [2.05, 4.69) is 25.6 Å². The van der Waals surface area contributed by atoms with Gasteiger partial charge in [-0.25, -0.2) is 17.5 Å². The number of carbonyl (C=O) groups excluding carboxylic acids is 1. The minimum Gasteiger partial charge on any atom is -0.325 e. The summed E-state index contributed by atoms with van der Waals surface area (Å²) >= 11 is 0. The maximum Gasteiger partial charge on any atom is 0.244 e. The molecule has 0 bridgehead atoms. The number of hydrogen-bond donors (Lipinski definition) is 2. The van der Waals surface area contributed by atoms with Crippen molar-refractivity contribution in [1.29, 1.82) is 0 Å². The van der Waals surface area contributed by atoms with Crippen LogP contribution in [0.2, 0.25) is 0 Å². The summed E-state index contributed by atoms with van der Waals surface area (Å²) in [5.74, 6) is -1.49. The molecule has 0 unspecified atom stereocenters. The molecule has 1 aromatic heterocycles. The molecule has 0 saturated heterocycles. The van der Waals surface area contributed by atoms with Crippen LogP contribution in [0.1, 0.15) is 5.56 Å². The molecule has 0 aliphatic heterocycles. The van der Waals surface area contributed by atoms with E-state index >= 15 is 0 Å². The number of aromatic nitrogens is 4. The lowest BCUT2D eigenvalue weighted by Gasteiger charge is -2.19. The quantitative estimate of drug-likeness (QED) is 0.411. The third-order valence-electron chi connectivity index (χ3n) is 4.77. The van der Waals surface area contributed by atoms with E-state index in [0.717, 1.165) is 17.7 Å². The van der Waals surface area contributed by atoms with E-state index in [-0.39, 0.29) is 6.42 Å². The number of nitrogens with one attached hydrogen (secondary N) is 2. The number of halogens is 1. The number of benzene rings is 3. The Hall–Kier alpha value is -3.96. The van der Waals surface area contributed by atoms with Gasteiger partial charge in [-0.05, 0) is 58.8 Å². The van der Waals surface area contributed by atoms with Crippen LogP contribution in [0.15, 0.2) is 90.1 Å². The van der Waals surface area contributed by atoms with Crippen LogP contribution >= 0.6 is 0 Å². The van der Waals surface area contributed by atoms with Crippen molar-refractivity contribution in [1.82, 2.24) is 24.9 Å². The number of rotatable bonds is 8. The Balaban J connectivity index is 1.56. The van der Waals surface area contributed by atoms with Crippen LogP contribution in [0.5, 0.6) is 0 Å². The SMILES string of the molecule is O=C(Nc1ccc(-n2cnnn2)cc1)[C@@H](Cc1ccccc1)NS(=O)(=O)c1ccccc1F. The van der Waals surface area contributed by atoms with E-state index in [1.54, 1.807) is 48.5 Å². The summed E-state index contributed by atoms with van der Waals surface area (Å²) in [6, 6.07) is 19.4. The minimum atomic E-state index is -4.30. The maximum atomic E-state index is 14.1. The van der Waals surface area contributed by atoms with E-state index in [1.165, 1.54) is 23.1 Å². The van der Waals surface area contributed by atoms with Crippen molar-refractivity contribution in [2.75, 3.05) is 5.32 Å². The Morgan fingerprint density at radius 3 is 2.33 bits per heavy atom. The Morgan fingerprint density at radius 1 is 0.970 bits per heavy atom. The molecule has 11 heteroatoms. The highest BCUT2D eigenvalue weighted by molar-refractivity contribution is 7.89. The van der Waals surface area contributed by atoms with E-state index in [4.69, 9.17) is 0 Å². The molecule has 2 N–H and O–H groups in total. The minimum absolute atomic E-state index is 0.0725. The second-order valence-corrected chi connectivity index (χ2v) is 8.77. The average Bonchev–Trinajstić information content (AvgIpc) is 3.35. The summed E-state index contributed by atoms with van der Waals surface area (Å²) in [5.41, 5.74) is 1.86. The van der Waals surface area contributed by atoms with Gasteiger partial charge in [0.2, 0.25) is 15.9 Å². The molecular weight excluding hydrogens is 447 g/mol. The van der Waals surface area contributed by atoms with Crippen molar-refractivity contribution < 1.29 is 17.6 Å². The molecule has 33 heavy (non-hydrogen) atoms. The van der Waals surface area contributed by atoms with Crippen molar-refractivity contribution in [2.45, 2.75) is 17.4 Å². The van der Waals surface area contributed by atoms with Gasteiger partial charge in [0.1, 0.15) is 23.1 Å². The number of sulfonamides is 1. The first kappa shape index (κ1) is 22.2. The van der Waals surface area contributed by atoms with Crippen LogP contribution in [-0.4, -0.2) is 40.6 Å². The Labute approximate surface area is 189 Å². The lowest BCUT2D eigenvalue weighted by Crippen LogP contribution is -2.45. The van der Waals surface area contributed by atoms with Gasteiger partial charge in [0.05, 0.1) is 5.69 Å². The lowest BCUT2D eigenvalue weighted by atomic mass is 10.1. The molecular formula is C22H19FN6O3S. The van der Waals surface area contributed by atoms with E-state index in [1.807, 2.05) is 6.07 Å². The third kappa shape index (κ3) is 5.45.